The van der Waals surface area contributed by atoms with Gasteiger partial charge in [-0.2, -0.15) is 0 Å². The Balaban J connectivity index is 1.48. The number of carbonyl (C=O) groups is 1. The zero-order valence-corrected chi connectivity index (χ0v) is 12.7. The molecule has 0 aromatic rings. The number of nitrogens with two attached hydrogens (primary N) is 1. The Bertz CT molecular complexity index is 391. The average molecular weight is 276 g/mol. The van der Waals surface area contributed by atoms with E-state index in [0.29, 0.717) is 18.0 Å². The van der Waals surface area contributed by atoms with Crippen LogP contribution in [0.15, 0.2) is 0 Å². The molecule has 3 heteroatoms. The fraction of sp³-hybridized carbons (Fsp3) is 0.941. The van der Waals surface area contributed by atoms with Crippen molar-refractivity contribution >= 4 is 5.91 Å². The summed E-state index contributed by atoms with van der Waals surface area (Å²) in [5.74, 6) is 3.09. The van der Waals surface area contributed by atoms with Gasteiger partial charge in [0.25, 0.3) is 0 Å². The van der Waals surface area contributed by atoms with E-state index in [4.69, 9.17) is 5.73 Å². The molecule has 5 saturated carbocycles. The molecule has 0 aromatic carbocycles. The first-order valence-corrected chi connectivity index (χ1v) is 8.56. The fourth-order valence-corrected chi connectivity index (χ4v) is 5.89. The van der Waals surface area contributed by atoms with Gasteiger partial charge in [0, 0.05) is 12.6 Å². The van der Waals surface area contributed by atoms with Gasteiger partial charge in [-0.05, 0) is 81.5 Å². The highest BCUT2D eigenvalue weighted by Gasteiger charge is 2.55. The lowest BCUT2D eigenvalue weighted by Gasteiger charge is -2.59. The summed E-state index contributed by atoms with van der Waals surface area (Å²) in [4.78, 5) is 12.5. The van der Waals surface area contributed by atoms with Crippen molar-refractivity contribution in [1.82, 2.24) is 5.32 Å². The Labute approximate surface area is 122 Å². The number of hydrogen-bond acceptors (Lipinski definition) is 2. The molecule has 5 rings (SSSR count). The maximum atomic E-state index is 12.5. The summed E-state index contributed by atoms with van der Waals surface area (Å²) in [6, 6.07) is 0.340. The van der Waals surface area contributed by atoms with Gasteiger partial charge in [0.2, 0.25) is 5.91 Å². The van der Waals surface area contributed by atoms with E-state index in [1.165, 1.54) is 38.5 Å². The molecule has 0 radical (unpaired) electrons. The lowest BCUT2D eigenvalue weighted by molar-refractivity contribution is -0.130. The van der Waals surface area contributed by atoms with Crippen molar-refractivity contribution in [3.05, 3.63) is 0 Å². The van der Waals surface area contributed by atoms with Gasteiger partial charge in [-0.25, -0.2) is 0 Å². The first kappa shape index (κ1) is 13.1. The minimum absolute atomic E-state index is 0.198. The van der Waals surface area contributed by atoms with Crippen LogP contribution in [0.1, 0.15) is 58.3 Å². The van der Waals surface area contributed by atoms with Gasteiger partial charge < -0.3 is 11.1 Å². The predicted molar refractivity (Wildman–Crippen MR) is 78.9 cm³/mol. The van der Waals surface area contributed by atoms with Gasteiger partial charge in [0.15, 0.2) is 0 Å². The molecule has 5 aliphatic carbocycles. The Morgan fingerprint density at radius 1 is 1.15 bits per heavy atom. The second kappa shape index (κ2) is 4.22. The van der Waals surface area contributed by atoms with E-state index in [-0.39, 0.29) is 11.3 Å². The lowest BCUT2D eigenvalue weighted by atomic mass is 9.48. The Morgan fingerprint density at radius 3 is 2.05 bits per heavy atom. The molecule has 1 atom stereocenters. The van der Waals surface area contributed by atoms with E-state index in [9.17, 15) is 4.79 Å². The first-order valence-electron chi connectivity index (χ1n) is 8.56. The SMILES string of the molecule is CC(NC(=O)C1(CN)CC1)C12CC3CC(CC(C3)C1)C2. The summed E-state index contributed by atoms with van der Waals surface area (Å²) in [6.07, 6.45) is 10.4. The van der Waals surface area contributed by atoms with Crippen LogP contribution in [-0.2, 0) is 4.79 Å². The highest BCUT2D eigenvalue weighted by molar-refractivity contribution is 5.85. The smallest absolute Gasteiger partial charge is 0.227 e. The normalized spacial score (nSPS) is 45.2. The highest BCUT2D eigenvalue weighted by atomic mass is 16.2. The first-order chi connectivity index (χ1) is 9.55. The molecule has 5 aliphatic rings. The van der Waals surface area contributed by atoms with Gasteiger partial charge in [-0.1, -0.05) is 0 Å². The molecule has 4 bridgehead atoms. The maximum absolute atomic E-state index is 12.5. The fourth-order valence-electron chi connectivity index (χ4n) is 5.89. The van der Waals surface area contributed by atoms with Gasteiger partial charge in [-0.15, -0.1) is 0 Å². The lowest BCUT2D eigenvalue weighted by Crippen LogP contribution is -2.57. The van der Waals surface area contributed by atoms with Crippen LogP contribution < -0.4 is 11.1 Å². The van der Waals surface area contributed by atoms with Crippen LogP contribution in [0.4, 0.5) is 0 Å². The van der Waals surface area contributed by atoms with Crippen molar-refractivity contribution in [2.24, 2.45) is 34.3 Å². The topological polar surface area (TPSA) is 55.1 Å². The highest BCUT2D eigenvalue weighted by Crippen LogP contribution is 2.61. The molecule has 0 aliphatic heterocycles. The van der Waals surface area contributed by atoms with Gasteiger partial charge >= 0.3 is 0 Å². The summed E-state index contributed by atoms with van der Waals surface area (Å²) in [7, 11) is 0. The zero-order chi connectivity index (χ0) is 14.0. The van der Waals surface area contributed by atoms with E-state index in [2.05, 4.69) is 12.2 Å². The minimum Gasteiger partial charge on any atom is -0.353 e. The summed E-state index contributed by atoms with van der Waals surface area (Å²) < 4.78 is 0. The maximum Gasteiger partial charge on any atom is 0.227 e. The van der Waals surface area contributed by atoms with Crippen molar-refractivity contribution in [2.45, 2.75) is 64.3 Å². The number of rotatable bonds is 4. The van der Waals surface area contributed by atoms with Crippen molar-refractivity contribution in [2.75, 3.05) is 6.54 Å². The second-order valence-corrected chi connectivity index (χ2v) is 8.46. The molecule has 112 valence electrons. The standard InChI is InChI=1S/C17H28N2O/c1-11(19-15(20)16(10-18)2-3-16)17-7-12-4-13(8-17)6-14(5-12)9-17/h11-14H,2-10,18H2,1H3,(H,19,20). The molecule has 3 nitrogen and oxygen atoms in total. The van der Waals surface area contributed by atoms with Crippen LogP contribution in [0.3, 0.4) is 0 Å². The third-order valence-electron chi connectivity index (χ3n) is 7.08. The molecule has 0 heterocycles. The quantitative estimate of drug-likeness (QED) is 0.828. The van der Waals surface area contributed by atoms with E-state index in [0.717, 1.165) is 30.6 Å². The van der Waals surface area contributed by atoms with E-state index in [1.54, 1.807) is 0 Å². The van der Waals surface area contributed by atoms with E-state index in [1.807, 2.05) is 0 Å². The molecule has 1 unspecified atom stereocenters. The number of nitrogens with one attached hydrogen (secondary N) is 1. The third-order valence-corrected chi connectivity index (χ3v) is 7.08. The number of carbonyl (C=O) groups excluding carboxylic acids is 1. The van der Waals surface area contributed by atoms with Crippen molar-refractivity contribution < 1.29 is 4.79 Å². The van der Waals surface area contributed by atoms with Crippen LogP contribution >= 0.6 is 0 Å². The number of hydrogen-bond donors (Lipinski definition) is 2. The van der Waals surface area contributed by atoms with Crippen molar-refractivity contribution in [1.29, 1.82) is 0 Å². The number of amides is 1. The predicted octanol–water partition coefficient (Wildman–Crippen LogP) is 2.45. The Kier molecular flexibility index (Phi) is 2.77. The summed E-state index contributed by atoms with van der Waals surface area (Å²) >= 11 is 0. The molecule has 5 fully saturated rings. The Hall–Kier alpha value is -0.570. The average Bonchev–Trinajstić information content (AvgIpc) is 3.18. The van der Waals surface area contributed by atoms with Gasteiger partial charge in [0.1, 0.15) is 0 Å². The summed E-state index contributed by atoms with van der Waals surface area (Å²) in [5.41, 5.74) is 6.00. The Morgan fingerprint density at radius 2 is 1.65 bits per heavy atom. The van der Waals surface area contributed by atoms with Crippen molar-refractivity contribution in [3.63, 3.8) is 0 Å². The molecule has 1 amide bonds. The molecular formula is C17H28N2O. The molecule has 0 spiro atoms. The van der Waals surface area contributed by atoms with E-state index < -0.39 is 0 Å². The van der Waals surface area contributed by atoms with Gasteiger partial charge in [-0.3, -0.25) is 4.79 Å². The molecule has 0 aromatic heterocycles. The largest absolute Gasteiger partial charge is 0.353 e. The van der Waals surface area contributed by atoms with Crippen LogP contribution in [0.25, 0.3) is 0 Å². The molecule has 3 N–H and O–H groups in total. The minimum atomic E-state index is -0.198. The monoisotopic (exact) mass is 276 g/mol. The zero-order valence-electron chi connectivity index (χ0n) is 12.7. The van der Waals surface area contributed by atoms with Crippen LogP contribution in [0.5, 0.6) is 0 Å². The van der Waals surface area contributed by atoms with Gasteiger partial charge in [0.05, 0.1) is 5.41 Å². The molecule has 0 saturated heterocycles. The third kappa shape index (κ3) is 1.85. The molecule has 20 heavy (non-hydrogen) atoms. The van der Waals surface area contributed by atoms with Crippen LogP contribution in [0, 0.1) is 28.6 Å². The van der Waals surface area contributed by atoms with Crippen LogP contribution in [0.2, 0.25) is 0 Å². The second-order valence-electron chi connectivity index (χ2n) is 8.46. The molecular weight excluding hydrogens is 248 g/mol. The summed E-state index contributed by atoms with van der Waals surface area (Å²) in [5, 5.41) is 3.37. The van der Waals surface area contributed by atoms with Crippen LogP contribution in [-0.4, -0.2) is 18.5 Å². The summed E-state index contributed by atoms with van der Waals surface area (Å²) in [6.45, 7) is 2.78. The van der Waals surface area contributed by atoms with E-state index >= 15 is 0 Å². The van der Waals surface area contributed by atoms with Crippen molar-refractivity contribution in [3.8, 4) is 0 Å².